The van der Waals surface area contributed by atoms with Gasteiger partial charge in [0.2, 0.25) is 5.91 Å². The molecule has 0 radical (unpaired) electrons. The van der Waals surface area contributed by atoms with Crippen molar-refractivity contribution in [3.8, 4) is 0 Å². The second-order valence-corrected chi connectivity index (χ2v) is 4.91. The van der Waals surface area contributed by atoms with Gasteiger partial charge in [-0.1, -0.05) is 15.9 Å². The van der Waals surface area contributed by atoms with Crippen LogP contribution >= 0.6 is 15.9 Å². The second kappa shape index (κ2) is 6.39. The number of anilines is 1. The Labute approximate surface area is 114 Å². The van der Waals surface area contributed by atoms with E-state index < -0.39 is 12.0 Å². The van der Waals surface area contributed by atoms with Gasteiger partial charge in [-0.3, -0.25) is 4.79 Å². The van der Waals surface area contributed by atoms with Crippen LogP contribution in [0.5, 0.6) is 0 Å². The van der Waals surface area contributed by atoms with Gasteiger partial charge >= 0.3 is 5.97 Å². The molecule has 0 heterocycles. The minimum atomic E-state index is -1.07. The summed E-state index contributed by atoms with van der Waals surface area (Å²) in [6.45, 7) is 3.36. The van der Waals surface area contributed by atoms with Crippen LogP contribution < -0.4 is 10.6 Å². The van der Waals surface area contributed by atoms with Crippen molar-refractivity contribution >= 4 is 33.5 Å². The molecule has 1 unspecified atom stereocenters. The van der Waals surface area contributed by atoms with Gasteiger partial charge in [-0.2, -0.15) is 0 Å². The predicted molar refractivity (Wildman–Crippen MR) is 72.6 cm³/mol. The number of aryl methyl sites for hydroxylation is 1. The van der Waals surface area contributed by atoms with E-state index in [1.807, 2.05) is 25.1 Å². The number of benzene rings is 1. The van der Waals surface area contributed by atoms with Crippen molar-refractivity contribution in [3.63, 3.8) is 0 Å². The number of hydrogen-bond acceptors (Lipinski definition) is 3. The molecule has 1 aromatic rings. The topological polar surface area (TPSA) is 78.4 Å². The summed E-state index contributed by atoms with van der Waals surface area (Å²) in [5, 5.41) is 14.3. The van der Waals surface area contributed by atoms with E-state index in [0.29, 0.717) is 0 Å². The summed E-state index contributed by atoms with van der Waals surface area (Å²) >= 11 is 3.36. The largest absolute Gasteiger partial charge is 0.480 e. The second-order valence-electron chi connectivity index (χ2n) is 3.99. The van der Waals surface area contributed by atoms with E-state index in [1.54, 1.807) is 0 Å². The van der Waals surface area contributed by atoms with Crippen LogP contribution in [0.2, 0.25) is 0 Å². The lowest BCUT2D eigenvalue weighted by Crippen LogP contribution is -2.44. The van der Waals surface area contributed by atoms with Crippen molar-refractivity contribution in [1.29, 1.82) is 0 Å². The van der Waals surface area contributed by atoms with Crippen molar-refractivity contribution < 1.29 is 14.7 Å². The van der Waals surface area contributed by atoms with Gasteiger partial charge in [0.25, 0.3) is 0 Å². The van der Waals surface area contributed by atoms with E-state index in [9.17, 15) is 9.59 Å². The van der Waals surface area contributed by atoms with Crippen LogP contribution in [-0.2, 0) is 9.59 Å². The van der Waals surface area contributed by atoms with E-state index in [-0.39, 0.29) is 12.5 Å². The number of carbonyl (C=O) groups is 2. The Kier molecular flexibility index (Phi) is 5.15. The summed E-state index contributed by atoms with van der Waals surface area (Å²) in [6.07, 6.45) is 0. The molecule has 1 amide bonds. The molecule has 0 saturated heterocycles. The quantitative estimate of drug-likeness (QED) is 0.774. The Hall–Kier alpha value is -1.56. The molecule has 1 aromatic carbocycles. The number of carboxylic acid groups (broad SMARTS) is 1. The fourth-order valence-corrected chi connectivity index (χ4v) is 2.11. The monoisotopic (exact) mass is 314 g/mol. The van der Waals surface area contributed by atoms with Crippen molar-refractivity contribution in [1.82, 2.24) is 5.32 Å². The van der Waals surface area contributed by atoms with Gasteiger partial charge in [0, 0.05) is 23.6 Å². The number of hydrogen-bond donors (Lipinski definition) is 3. The van der Waals surface area contributed by atoms with Gasteiger partial charge in [-0.05, 0) is 30.7 Å². The average Bonchev–Trinajstić information content (AvgIpc) is 2.21. The lowest BCUT2D eigenvalue weighted by molar-refractivity contribution is -0.141. The molecule has 0 aliphatic rings. The molecule has 6 heteroatoms. The van der Waals surface area contributed by atoms with Crippen LogP contribution in [0, 0.1) is 6.92 Å². The molecule has 0 fully saturated rings. The Morgan fingerprint density at radius 1 is 1.39 bits per heavy atom. The molecule has 0 spiro atoms. The van der Waals surface area contributed by atoms with Crippen LogP contribution in [0.1, 0.15) is 12.5 Å². The molecule has 0 aromatic heterocycles. The Bertz CT molecular complexity index is 442. The first-order chi connectivity index (χ1) is 8.38. The van der Waals surface area contributed by atoms with E-state index >= 15 is 0 Å². The minimum absolute atomic E-state index is 0.130. The minimum Gasteiger partial charge on any atom is -0.480 e. The summed E-state index contributed by atoms with van der Waals surface area (Å²) in [7, 11) is 0. The average molecular weight is 315 g/mol. The first kappa shape index (κ1) is 14.5. The maximum atomic E-state index is 10.9. The van der Waals surface area contributed by atoms with Crippen molar-refractivity contribution in [2.45, 2.75) is 19.9 Å². The van der Waals surface area contributed by atoms with E-state index in [4.69, 9.17) is 5.11 Å². The molecular weight excluding hydrogens is 300 g/mol. The van der Waals surface area contributed by atoms with E-state index in [1.165, 1.54) is 6.92 Å². The lowest BCUT2D eigenvalue weighted by atomic mass is 10.2. The number of rotatable bonds is 5. The maximum absolute atomic E-state index is 10.9. The SMILES string of the molecule is CC(=O)NC(CNc1cc(C)cc(Br)c1)C(=O)O. The normalized spacial score (nSPS) is 11.7. The molecule has 0 bridgehead atoms. The molecule has 3 N–H and O–H groups in total. The van der Waals surface area contributed by atoms with Gasteiger partial charge < -0.3 is 15.7 Å². The molecule has 0 aliphatic heterocycles. The zero-order chi connectivity index (χ0) is 13.7. The summed E-state index contributed by atoms with van der Waals surface area (Å²) in [5.41, 5.74) is 1.86. The summed E-state index contributed by atoms with van der Waals surface area (Å²) < 4.78 is 0.913. The zero-order valence-corrected chi connectivity index (χ0v) is 11.7. The number of halogens is 1. The number of carboxylic acids is 1. The first-order valence-corrected chi connectivity index (χ1v) is 6.19. The molecule has 1 rings (SSSR count). The molecule has 0 aliphatic carbocycles. The highest BCUT2D eigenvalue weighted by molar-refractivity contribution is 9.10. The van der Waals surface area contributed by atoms with E-state index in [2.05, 4.69) is 26.6 Å². The maximum Gasteiger partial charge on any atom is 0.328 e. The van der Waals surface area contributed by atoms with Crippen LogP contribution in [-0.4, -0.2) is 29.6 Å². The standard InChI is InChI=1S/C12H15BrN2O3/c1-7-3-9(13)5-10(4-7)14-6-11(12(17)18)15-8(2)16/h3-5,11,14H,6H2,1-2H3,(H,15,16)(H,17,18). The highest BCUT2D eigenvalue weighted by atomic mass is 79.9. The van der Waals surface area contributed by atoms with Crippen molar-refractivity contribution in [2.24, 2.45) is 0 Å². The van der Waals surface area contributed by atoms with E-state index in [0.717, 1.165) is 15.7 Å². The van der Waals surface area contributed by atoms with Crippen molar-refractivity contribution in [2.75, 3.05) is 11.9 Å². The predicted octanol–water partition coefficient (Wildman–Crippen LogP) is 1.76. The van der Waals surface area contributed by atoms with Gasteiger partial charge in [0.1, 0.15) is 6.04 Å². The van der Waals surface area contributed by atoms with Gasteiger partial charge in [-0.15, -0.1) is 0 Å². The van der Waals surface area contributed by atoms with Gasteiger partial charge in [0.05, 0.1) is 0 Å². The smallest absolute Gasteiger partial charge is 0.328 e. The zero-order valence-electron chi connectivity index (χ0n) is 10.2. The molecule has 18 heavy (non-hydrogen) atoms. The molecule has 98 valence electrons. The number of carbonyl (C=O) groups excluding carboxylic acids is 1. The summed E-state index contributed by atoms with van der Waals surface area (Å²) in [4.78, 5) is 21.8. The highest BCUT2D eigenvalue weighted by Gasteiger charge is 2.17. The van der Waals surface area contributed by atoms with Crippen LogP contribution in [0.3, 0.4) is 0 Å². The van der Waals surface area contributed by atoms with Gasteiger partial charge in [0.15, 0.2) is 0 Å². The van der Waals surface area contributed by atoms with Crippen LogP contribution in [0.4, 0.5) is 5.69 Å². The molecular formula is C12H15BrN2O3. The van der Waals surface area contributed by atoms with Crippen LogP contribution in [0.15, 0.2) is 22.7 Å². The van der Waals surface area contributed by atoms with Crippen molar-refractivity contribution in [3.05, 3.63) is 28.2 Å². The molecule has 5 nitrogen and oxygen atoms in total. The fourth-order valence-electron chi connectivity index (χ4n) is 1.50. The number of amides is 1. The highest BCUT2D eigenvalue weighted by Crippen LogP contribution is 2.18. The Balaban J connectivity index is 2.66. The Morgan fingerprint density at radius 2 is 2.06 bits per heavy atom. The first-order valence-electron chi connectivity index (χ1n) is 5.39. The fraction of sp³-hybridized carbons (Fsp3) is 0.333. The Morgan fingerprint density at radius 3 is 2.56 bits per heavy atom. The third-order valence-corrected chi connectivity index (χ3v) is 2.69. The third kappa shape index (κ3) is 4.75. The van der Waals surface area contributed by atoms with Crippen LogP contribution in [0.25, 0.3) is 0 Å². The molecule has 0 saturated carbocycles. The molecule has 1 atom stereocenters. The third-order valence-electron chi connectivity index (χ3n) is 2.23. The van der Waals surface area contributed by atoms with Gasteiger partial charge in [-0.25, -0.2) is 4.79 Å². The number of aliphatic carboxylic acids is 1. The lowest BCUT2D eigenvalue weighted by Gasteiger charge is -2.15. The number of nitrogens with one attached hydrogen (secondary N) is 2. The summed E-state index contributed by atoms with van der Waals surface area (Å²) in [5.74, 6) is -1.43. The summed E-state index contributed by atoms with van der Waals surface area (Å²) in [6, 6.07) is 4.76.